The van der Waals surface area contributed by atoms with Crippen molar-refractivity contribution in [3.05, 3.63) is 53.3 Å². The van der Waals surface area contributed by atoms with Gasteiger partial charge in [-0.05, 0) is 56.2 Å². The topological polar surface area (TPSA) is 52.1 Å². The summed E-state index contributed by atoms with van der Waals surface area (Å²) in [5.41, 5.74) is 3.74. The van der Waals surface area contributed by atoms with E-state index in [2.05, 4.69) is 65.3 Å². The van der Waals surface area contributed by atoms with E-state index in [1.54, 1.807) is 0 Å². The van der Waals surface area contributed by atoms with Gasteiger partial charge in [-0.25, -0.2) is 0 Å². The molecule has 0 saturated carbocycles. The van der Waals surface area contributed by atoms with Crippen molar-refractivity contribution < 1.29 is 5.11 Å². The standard InChI is InChI=1S/C22H33N3O/c1-18(2)13-20-14-21(24-23-20)15-25-12-6-10-22(16-25,17-26)11-9-19-7-4-3-5-8-19/h3-5,7-8,14,18,26H,6,9-13,15-17H2,1-2H3,(H,23,24). The van der Waals surface area contributed by atoms with Gasteiger partial charge in [0.15, 0.2) is 0 Å². The van der Waals surface area contributed by atoms with Crippen molar-refractivity contribution in [2.24, 2.45) is 11.3 Å². The number of nitrogens with zero attached hydrogens (tertiary/aromatic N) is 2. The van der Waals surface area contributed by atoms with Crippen LogP contribution in [0.1, 0.15) is 50.1 Å². The van der Waals surface area contributed by atoms with Crippen molar-refractivity contribution >= 4 is 0 Å². The van der Waals surface area contributed by atoms with Crippen LogP contribution in [-0.4, -0.2) is 39.9 Å². The van der Waals surface area contributed by atoms with Gasteiger partial charge in [0.05, 0.1) is 5.69 Å². The molecule has 2 N–H and O–H groups in total. The fraction of sp³-hybridized carbons (Fsp3) is 0.591. The third-order valence-corrected chi connectivity index (χ3v) is 5.56. The quantitative estimate of drug-likeness (QED) is 0.757. The van der Waals surface area contributed by atoms with E-state index in [4.69, 9.17) is 0 Å². The molecule has 1 aromatic carbocycles. The van der Waals surface area contributed by atoms with E-state index in [1.807, 2.05) is 0 Å². The zero-order valence-corrected chi connectivity index (χ0v) is 16.2. The Morgan fingerprint density at radius 3 is 2.81 bits per heavy atom. The van der Waals surface area contributed by atoms with E-state index in [0.29, 0.717) is 5.92 Å². The minimum Gasteiger partial charge on any atom is -0.396 e. The summed E-state index contributed by atoms with van der Waals surface area (Å²) < 4.78 is 0. The zero-order valence-electron chi connectivity index (χ0n) is 16.2. The second-order valence-corrected chi connectivity index (χ2v) is 8.44. The molecule has 0 spiro atoms. The number of aryl methyl sites for hydroxylation is 1. The van der Waals surface area contributed by atoms with Crippen molar-refractivity contribution in [1.29, 1.82) is 0 Å². The van der Waals surface area contributed by atoms with Gasteiger partial charge in [0, 0.05) is 30.8 Å². The molecule has 0 aliphatic carbocycles. The monoisotopic (exact) mass is 355 g/mol. The fourth-order valence-electron chi connectivity index (χ4n) is 4.17. The summed E-state index contributed by atoms with van der Waals surface area (Å²) in [7, 11) is 0. The molecule has 1 saturated heterocycles. The lowest BCUT2D eigenvalue weighted by Gasteiger charge is -2.42. The van der Waals surface area contributed by atoms with E-state index in [9.17, 15) is 5.11 Å². The van der Waals surface area contributed by atoms with Crippen LogP contribution in [0.3, 0.4) is 0 Å². The first-order valence-corrected chi connectivity index (χ1v) is 9.99. The Kier molecular flexibility index (Phi) is 6.49. The maximum atomic E-state index is 10.2. The molecule has 0 bridgehead atoms. The predicted octanol–water partition coefficient (Wildman–Crippen LogP) is 3.82. The summed E-state index contributed by atoms with van der Waals surface area (Å²) in [6.45, 7) is 7.69. The first-order chi connectivity index (χ1) is 12.6. The Morgan fingerprint density at radius 2 is 2.08 bits per heavy atom. The van der Waals surface area contributed by atoms with Crippen molar-refractivity contribution in [2.75, 3.05) is 19.7 Å². The lowest BCUT2D eigenvalue weighted by molar-refractivity contribution is 0.0219. The molecule has 0 radical (unpaired) electrons. The molecule has 4 nitrogen and oxygen atoms in total. The molecule has 3 rings (SSSR count). The molecule has 26 heavy (non-hydrogen) atoms. The van der Waals surface area contributed by atoms with Gasteiger partial charge in [-0.3, -0.25) is 10.00 Å². The van der Waals surface area contributed by atoms with Gasteiger partial charge in [0.2, 0.25) is 0 Å². The predicted molar refractivity (Wildman–Crippen MR) is 106 cm³/mol. The number of H-pyrrole nitrogens is 1. The van der Waals surface area contributed by atoms with Crippen LogP contribution in [0.25, 0.3) is 0 Å². The number of aliphatic hydroxyl groups is 1. The largest absolute Gasteiger partial charge is 0.396 e. The lowest BCUT2D eigenvalue weighted by Crippen LogP contribution is -2.45. The molecular weight excluding hydrogens is 322 g/mol. The van der Waals surface area contributed by atoms with E-state index >= 15 is 0 Å². The Hall–Kier alpha value is -1.65. The minimum atomic E-state index is 0.0227. The van der Waals surface area contributed by atoms with Crippen molar-refractivity contribution in [2.45, 2.75) is 52.5 Å². The van der Waals surface area contributed by atoms with E-state index in [0.717, 1.165) is 57.4 Å². The summed E-state index contributed by atoms with van der Waals surface area (Å²) in [5.74, 6) is 0.626. The molecule has 4 heteroatoms. The summed E-state index contributed by atoms with van der Waals surface area (Å²) in [4.78, 5) is 2.48. The van der Waals surface area contributed by atoms with Crippen LogP contribution in [0.5, 0.6) is 0 Å². The normalized spacial score (nSPS) is 21.4. The summed E-state index contributed by atoms with van der Waals surface area (Å²) in [6, 6.07) is 12.8. The molecule has 1 atom stereocenters. The number of aliphatic hydroxyl groups excluding tert-OH is 1. The molecule has 142 valence electrons. The Bertz CT molecular complexity index is 667. The third kappa shape index (κ3) is 5.18. The molecule has 1 fully saturated rings. The second kappa shape index (κ2) is 8.83. The number of nitrogens with one attached hydrogen (secondary N) is 1. The lowest BCUT2D eigenvalue weighted by atomic mass is 9.76. The highest BCUT2D eigenvalue weighted by molar-refractivity contribution is 5.15. The summed E-state index contributed by atoms with van der Waals surface area (Å²) >= 11 is 0. The van der Waals surface area contributed by atoms with Gasteiger partial charge in [-0.1, -0.05) is 44.2 Å². The van der Waals surface area contributed by atoms with E-state index < -0.39 is 0 Å². The number of aromatic amines is 1. The number of likely N-dealkylation sites (tertiary alicyclic amines) is 1. The highest BCUT2D eigenvalue weighted by atomic mass is 16.3. The molecular formula is C22H33N3O. The average molecular weight is 356 g/mol. The first kappa shape index (κ1) is 19.1. The van der Waals surface area contributed by atoms with Gasteiger partial charge in [-0.15, -0.1) is 0 Å². The van der Waals surface area contributed by atoms with Crippen LogP contribution in [0, 0.1) is 11.3 Å². The molecule has 2 heterocycles. The highest BCUT2D eigenvalue weighted by Crippen LogP contribution is 2.35. The summed E-state index contributed by atoms with van der Waals surface area (Å²) in [5, 5.41) is 17.8. The molecule has 1 aliphatic rings. The molecule has 1 unspecified atom stereocenters. The molecule has 0 amide bonds. The maximum absolute atomic E-state index is 10.2. The van der Waals surface area contributed by atoms with Crippen LogP contribution >= 0.6 is 0 Å². The SMILES string of the molecule is CC(C)Cc1cc(CN2CCCC(CO)(CCc3ccccc3)C2)[nH]n1. The maximum Gasteiger partial charge on any atom is 0.0628 e. The number of aromatic nitrogens is 2. The number of benzene rings is 1. The van der Waals surface area contributed by atoms with Gasteiger partial charge in [0.1, 0.15) is 0 Å². The molecule has 1 aromatic heterocycles. The third-order valence-electron chi connectivity index (χ3n) is 5.56. The Balaban J connectivity index is 1.58. The fourth-order valence-corrected chi connectivity index (χ4v) is 4.17. The number of piperidine rings is 1. The molecule has 2 aromatic rings. The van der Waals surface area contributed by atoms with Crippen molar-refractivity contribution in [3.63, 3.8) is 0 Å². The van der Waals surface area contributed by atoms with Gasteiger partial charge < -0.3 is 5.11 Å². The number of rotatable bonds is 8. The Morgan fingerprint density at radius 1 is 1.27 bits per heavy atom. The smallest absolute Gasteiger partial charge is 0.0628 e. The average Bonchev–Trinajstić information content (AvgIpc) is 3.07. The Labute approximate surface area is 157 Å². The number of hydrogen-bond donors (Lipinski definition) is 2. The van der Waals surface area contributed by atoms with Crippen LogP contribution < -0.4 is 0 Å². The van der Waals surface area contributed by atoms with Crippen LogP contribution in [0.15, 0.2) is 36.4 Å². The first-order valence-electron chi connectivity index (χ1n) is 9.99. The highest BCUT2D eigenvalue weighted by Gasteiger charge is 2.34. The van der Waals surface area contributed by atoms with Crippen molar-refractivity contribution in [3.8, 4) is 0 Å². The van der Waals surface area contributed by atoms with E-state index in [1.165, 1.54) is 11.3 Å². The van der Waals surface area contributed by atoms with E-state index in [-0.39, 0.29) is 12.0 Å². The molecule has 1 aliphatic heterocycles. The minimum absolute atomic E-state index is 0.0227. The second-order valence-electron chi connectivity index (χ2n) is 8.44. The zero-order chi connectivity index (χ0) is 18.4. The van der Waals surface area contributed by atoms with Crippen LogP contribution in [0.4, 0.5) is 0 Å². The number of hydrogen-bond acceptors (Lipinski definition) is 3. The van der Waals surface area contributed by atoms with Gasteiger partial charge >= 0.3 is 0 Å². The van der Waals surface area contributed by atoms with Crippen LogP contribution in [0.2, 0.25) is 0 Å². The van der Waals surface area contributed by atoms with Gasteiger partial charge in [-0.2, -0.15) is 5.10 Å². The van der Waals surface area contributed by atoms with Crippen molar-refractivity contribution in [1.82, 2.24) is 15.1 Å². The van der Waals surface area contributed by atoms with Gasteiger partial charge in [0.25, 0.3) is 0 Å². The van der Waals surface area contributed by atoms with Crippen LogP contribution in [-0.2, 0) is 19.4 Å². The summed E-state index contributed by atoms with van der Waals surface area (Å²) in [6.07, 6.45) is 5.38.